The quantitative estimate of drug-likeness (QED) is 0.724. The molecule has 2 aliphatic rings. The number of nitrogens with one attached hydrogen (secondary N) is 2. The zero-order valence-corrected chi connectivity index (χ0v) is 17.4. The van der Waals surface area contributed by atoms with Crippen LogP contribution in [0.4, 0.5) is 5.69 Å². The molecule has 0 radical (unpaired) electrons. The molecule has 1 amide bonds. The van der Waals surface area contributed by atoms with E-state index in [4.69, 9.17) is 40.4 Å². The predicted octanol–water partition coefficient (Wildman–Crippen LogP) is 3.76. The first kappa shape index (κ1) is 19.2. The third-order valence-corrected chi connectivity index (χ3v) is 5.51. The molecule has 1 fully saturated rings. The number of hydrogen-bond acceptors (Lipinski definition) is 3. The number of thiocarbonyl (C=S) groups is 1. The average molecular weight is 433 g/mol. The van der Waals surface area contributed by atoms with Crippen molar-refractivity contribution in [2.24, 2.45) is 4.99 Å². The number of benzodiazepines with no additional fused rings is 1. The second kappa shape index (κ2) is 7.70. The van der Waals surface area contributed by atoms with Crippen LogP contribution in [-0.2, 0) is 4.79 Å². The van der Waals surface area contributed by atoms with E-state index in [9.17, 15) is 4.79 Å². The highest BCUT2D eigenvalue weighted by Crippen LogP contribution is 2.31. The number of carbonyl (C=O) groups excluding carboxylic acids is 1. The van der Waals surface area contributed by atoms with Crippen molar-refractivity contribution in [2.45, 2.75) is 25.0 Å². The Morgan fingerprint density at radius 2 is 1.89 bits per heavy atom. The van der Waals surface area contributed by atoms with Crippen LogP contribution in [0.1, 0.15) is 24.0 Å². The molecule has 1 heterocycles. The Bertz CT molecular complexity index is 990. The maximum atomic E-state index is 13.1. The molecule has 1 atom stereocenters. The molecule has 28 heavy (non-hydrogen) atoms. The van der Waals surface area contributed by atoms with Gasteiger partial charge in [0.25, 0.3) is 5.91 Å². The van der Waals surface area contributed by atoms with Crippen molar-refractivity contribution in [2.75, 3.05) is 11.9 Å². The Hall–Kier alpha value is -2.15. The minimum absolute atomic E-state index is 0.217. The van der Waals surface area contributed by atoms with Gasteiger partial charge in [0, 0.05) is 34.3 Å². The summed E-state index contributed by atoms with van der Waals surface area (Å²) in [5.41, 5.74) is 2.76. The molecule has 0 saturated heterocycles. The highest BCUT2D eigenvalue weighted by molar-refractivity contribution is 7.80. The van der Waals surface area contributed by atoms with Crippen LogP contribution in [0.3, 0.4) is 0 Å². The van der Waals surface area contributed by atoms with E-state index in [-0.39, 0.29) is 5.91 Å². The van der Waals surface area contributed by atoms with E-state index in [1.165, 1.54) is 0 Å². The lowest BCUT2D eigenvalue weighted by molar-refractivity contribution is -0.119. The molecular weight excluding hydrogens is 415 g/mol. The van der Waals surface area contributed by atoms with Crippen LogP contribution in [0, 0.1) is 0 Å². The molecule has 1 aliphatic heterocycles. The molecule has 4 rings (SSSR count). The van der Waals surface area contributed by atoms with Gasteiger partial charge in [-0.1, -0.05) is 41.4 Å². The van der Waals surface area contributed by atoms with Gasteiger partial charge in [-0.2, -0.15) is 0 Å². The number of benzene rings is 2. The van der Waals surface area contributed by atoms with Gasteiger partial charge in [-0.3, -0.25) is 4.79 Å². The van der Waals surface area contributed by atoms with E-state index in [2.05, 4.69) is 10.6 Å². The van der Waals surface area contributed by atoms with Crippen LogP contribution in [0.2, 0.25) is 10.0 Å². The zero-order chi connectivity index (χ0) is 19.8. The van der Waals surface area contributed by atoms with Gasteiger partial charge in [0.05, 0.1) is 11.4 Å². The molecule has 1 aliphatic carbocycles. The first-order valence-electron chi connectivity index (χ1n) is 8.91. The van der Waals surface area contributed by atoms with Gasteiger partial charge in [-0.15, -0.1) is 0 Å². The van der Waals surface area contributed by atoms with Gasteiger partial charge in [-0.25, -0.2) is 4.99 Å². The standard InChI is InChI=1S/C20H18Cl2N4OS/c1-26-16-9-6-11(21)10-14(16)17(13-4-2-3-5-15(13)22)24-18(19(26)27)25-20(28)23-12-7-8-12/h2-6,9-10,12,18H,7-8H2,1H3,(H2,23,25,28). The summed E-state index contributed by atoms with van der Waals surface area (Å²) in [7, 11) is 1.71. The third kappa shape index (κ3) is 3.85. The Labute approximate surface area is 178 Å². The highest BCUT2D eigenvalue weighted by atomic mass is 35.5. The van der Waals surface area contributed by atoms with Gasteiger partial charge >= 0.3 is 0 Å². The smallest absolute Gasteiger partial charge is 0.272 e. The van der Waals surface area contributed by atoms with Crippen molar-refractivity contribution in [3.05, 3.63) is 63.6 Å². The number of amides is 1. The number of aliphatic imine (C=N–C) groups is 1. The topological polar surface area (TPSA) is 56.7 Å². The SMILES string of the molecule is CN1C(=O)C(NC(=S)NC2CC2)N=C(c2ccccc2Cl)c2cc(Cl)ccc21. The van der Waals surface area contributed by atoms with Gasteiger partial charge in [0.2, 0.25) is 6.17 Å². The summed E-state index contributed by atoms with van der Waals surface area (Å²) in [6.07, 6.45) is 1.29. The van der Waals surface area contributed by atoms with E-state index >= 15 is 0 Å². The molecule has 0 bridgehead atoms. The number of anilines is 1. The fourth-order valence-electron chi connectivity index (χ4n) is 3.09. The van der Waals surface area contributed by atoms with Crippen molar-refractivity contribution >= 4 is 57.8 Å². The summed E-state index contributed by atoms with van der Waals surface area (Å²) in [5, 5.41) is 7.74. The van der Waals surface area contributed by atoms with E-state index < -0.39 is 6.17 Å². The largest absolute Gasteiger partial charge is 0.360 e. The van der Waals surface area contributed by atoms with Gasteiger partial charge < -0.3 is 15.5 Å². The van der Waals surface area contributed by atoms with Crippen molar-refractivity contribution in [1.29, 1.82) is 0 Å². The number of rotatable bonds is 3. The Morgan fingerprint density at radius 1 is 1.14 bits per heavy atom. The number of carbonyl (C=O) groups is 1. The summed E-state index contributed by atoms with van der Waals surface area (Å²) in [6, 6.07) is 13.1. The lowest BCUT2D eigenvalue weighted by Crippen LogP contribution is -2.49. The predicted molar refractivity (Wildman–Crippen MR) is 118 cm³/mol. The first-order chi connectivity index (χ1) is 13.4. The van der Waals surface area contributed by atoms with Crippen LogP contribution < -0.4 is 15.5 Å². The van der Waals surface area contributed by atoms with E-state index in [0.29, 0.717) is 32.6 Å². The zero-order valence-electron chi connectivity index (χ0n) is 15.1. The van der Waals surface area contributed by atoms with Crippen LogP contribution in [0.15, 0.2) is 47.5 Å². The van der Waals surface area contributed by atoms with Crippen molar-refractivity contribution in [1.82, 2.24) is 10.6 Å². The van der Waals surface area contributed by atoms with Crippen molar-refractivity contribution in [3.8, 4) is 0 Å². The maximum Gasteiger partial charge on any atom is 0.272 e. The van der Waals surface area contributed by atoms with Gasteiger partial charge in [0.1, 0.15) is 0 Å². The molecular formula is C20H18Cl2N4OS. The van der Waals surface area contributed by atoms with Gasteiger partial charge in [0.15, 0.2) is 5.11 Å². The molecule has 2 aromatic rings. The number of halogens is 2. The summed E-state index contributed by atoms with van der Waals surface area (Å²) >= 11 is 18.1. The Kier molecular flexibility index (Phi) is 5.27. The Morgan fingerprint density at radius 3 is 2.61 bits per heavy atom. The fourth-order valence-corrected chi connectivity index (χ4v) is 3.76. The molecule has 1 saturated carbocycles. The average Bonchev–Trinajstić information content (AvgIpc) is 3.48. The molecule has 144 valence electrons. The van der Waals surface area contributed by atoms with E-state index in [1.807, 2.05) is 24.3 Å². The monoisotopic (exact) mass is 432 g/mol. The fraction of sp³-hybridized carbons (Fsp3) is 0.250. The molecule has 0 aromatic heterocycles. The number of fused-ring (bicyclic) bond motifs is 1. The summed E-state index contributed by atoms with van der Waals surface area (Å²) < 4.78 is 0. The maximum absolute atomic E-state index is 13.1. The van der Waals surface area contributed by atoms with E-state index in [1.54, 1.807) is 30.1 Å². The normalized spacial score (nSPS) is 18.8. The van der Waals surface area contributed by atoms with Crippen molar-refractivity contribution < 1.29 is 4.79 Å². The lowest BCUT2D eigenvalue weighted by atomic mass is 10.00. The molecule has 2 N–H and O–H groups in total. The molecule has 8 heteroatoms. The first-order valence-corrected chi connectivity index (χ1v) is 10.1. The molecule has 5 nitrogen and oxygen atoms in total. The highest BCUT2D eigenvalue weighted by Gasteiger charge is 2.32. The minimum atomic E-state index is -0.874. The lowest BCUT2D eigenvalue weighted by Gasteiger charge is -2.22. The van der Waals surface area contributed by atoms with Crippen LogP contribution in [0.5, 0.6) is 0 Å². The third-order valence-electron chi connectivity index (χ3n) is 4.71. The number of hydrogen-bond donors (Lipinski definition) is 2. The van der Waals surface area contributed by atoms with E-state index in [0.717, 1.165) is 24.0 Å². The van der Waals surface area contributed by atoms with Crippen LogP contribution in [-0.4, -0.2) is 36.0 Å². The van der Waals surface area contributed by atoms with Gasteiger partial charge in [-0.05, 0) is 49.3 Å². The molecule has 1 unspecified atom stereocenters. The summed E-state index contributed by atoms with van der Waals surface area (Å²) in [4.78, 5) is 19.4. The second-order valence-electron chi connectivity index (χ2n) is 6.81. The van der Waals surface area contributed by atoms with Crippen LogP contribution in [0.25, 0.3) is 0 Å². The molecule has 0 spiro atoms. The van der Waals surface area contributed by atoms with Crippen molar-refractivity contribution in [3.63, 3.8) is 0 Å². The van der Waals surface area contributed by atoms with Crippen LogP contribution >= 0.6 is 35.4 Å². The number of likely N-dealkylation sites (N-methyl/N-ethyl adjacent to an activating group) is 1. The Balaban J connectivity index is 1.81. The summed E-state index contributed by atoms with van der Waals surface area (Å²) in [5.74, 6) is -0.217. The number of nitrogens with zero attached hydrogens (tertiary/aromatic N) is 2. The molecule has 2 aromatic carbocycles. The minimum Gasteiger partial charge on any atom is -0.360 e. The second-order valence-corrected chi connectivity index (χ2v) is 8.06. The summed E-state index contributed by atoms with van der Waals surface area (Å²) in [6.45, 7) is 0.